The van der Waals surface area contributed by atoms with E-state index in [9.17, 15) is 9.59 Å². The molecule has 7 nitrogen and oxygen atoms in total. The molecular formula is C27H25N3O4. The summed E-state index contributed by atoms with van der Waals surface area (Å²) in [4.78, 5) is 26.4. The number of anilines is 2. The fourth-order valence-corrected chi connectivity index (χ4v) is 3.21. The summed E-state index contributed by atoms with van der Waals surface area (Å²) in [5.74, 6) is -0.341. The minimum Gasteiger partial charge on any atom is -0.493 e. The number of aryl methyl sites for hydroxylation is 2. The van der Waals surface area contributed by atoms with Crippen molar-refractivity contribution < 1.29 is 19.1 Å². The van der Waals surface area contributed by atoms with Crippen molar-refractivity contribution in [1.82, 2.24) is 0 Å². The van der Waals surface area contributed by atoms with E-state index in [-0.39, 0.29) is 12.2 Å². The van der Waals surface area contributed by atoms with Crippen molar-refractivity contribution in [3.8, 4) is 17.6 Å². The number of carbonyl (C=O) groups is 2. The molecule has 0 aliphatic rings. The highest BCUT2D eigenvalue weighted by atomic mass is 16.5. The van der Waals surface area contributed by atoms with E-state index in [1.54, 1.807) is 30.3 Å². The maximum Gasteiger partial charge on any atom is 0.261 e. The standard InChI is InChI=1S/C27H25N3O4/c1-18-8-4-6-10-22(18)29-26(31)21(27(32)30-23-11-7-5-9-19(23)2)16-20-12-13-24(34-15-14-28)25(17-20)33-3/h4-13,16-17H,15H2,1-3H3,(H,29,31)(H,30,32). The Kier molecular flexibility index (Phi) is 8.03. The molecule has 0 unspecified atom stereocenters. The summed E-state index contributed by atoms with van der Waals surface area (Å²) in [5, 5.41) is 14.4. The number of benzene rings is 3. The number of methoxy groups -OCH3 is 1. The Bertz CT molecular complexity index is 1210. The Hall–Kier alpha value is -4.57. The molecule has 3 aromatic carbocycles. The highest BCUT2D eigenvalue weighted by Crippen LogP contribution is 2.29. The van der Waals surface area contributed by atoms with Gasteiger partial charge in [-0.05, 0) is 60.9 Å². The monoisotopic (exact) mass is 455 g/mol. The first-order valence-electron chi connectivity index (χ1n) is 10.6. The number of rotatable bonds is 8. The van der Waals surface area contributed by atoms with Crippen molar-refractivity contribution >= 4 is 29.3 Å². The number of nitrogens with zero attached hydrogens (tertiary/aromatic N) is 1. The van der Waals surface area contributed by atoms with Crippen molar-refractivity contribution in [1.29, 1.82) is 5.26 Å². The molecule has 0 aliphatic heterocycles. The number of carbonyl (C=O) groups excluding carboxylic acids is 2. The van der Waals surface area contributed by atoms with Crippen LogP contribution in [0.3, 0.4) is 0 Å². The molecule has 3 rings (SSSR count). The number of ether oxygens (including phenoxy) is 2. The fourth-order valence-electron chi connectivity index (χ4n) is 3.21. The van der Waals surface area contributed by atoms with Gasteiger partial charge in [-0.3, -0.25) is 9.59 Å². The van der Waals surface area contributed by atoms with Gasteiger partial charge in [-0.15, -0.1) is 0 Å². The predicted octanol–water partition coefficient (Wildman–Crippen LogP) is 4.88. The molecule has 0 saturated carbocycles. The van der Waals surface area contributed by atoms with Gasteiger partial charge in [0.05, 0.1) is 7.11 Å². The molecule has 0 heterocycles. The highest BCUT2D eigenvalue weighted by Gasteiger charge is 2.20. The summed E-state index contributed by atoms with van der Waals surface area (Å²) in [7, 11) is 1.47. The van der Waals surface area contributed by atoms with E-state index in [1.165, 1.54) is 13.2 Å². The van der Waals surface area contributed by atoms with E-state index < -0.39 is 11.8 Å². The summed E-state index contributed by atoms with van der Waals surface area (Å²) in [6.45, 7) is 3.61. The van der Waals surface area contributed by atoms with Crippen LogP contribution in [0.5, 0.6) is 11.5 Å². The Balaban J connectivity index is 1.98. The first kappa shape index (κ1) is 24.1. The molecule has 0 spiro atoms. The van der Waals surface area contributed by atoms with Crippen molar-refractivity contribution in [2.75, 3.05) is 24.4 Å². The third-order valence-electron chi connectivity index (χ3n) is 5.07. The first-order valence-corrected chi connectivity index (χ1v) is 10.6. The minimum atomic E-state index is -0.552. The van der Waals surface area contributed by atoms with Gasteiger partial charge in [0.25, 0.3) is 11.8 Å². The van der Waals surface area contributed by atoms with Gasteiger partial charge >= 0.3 is 0 Å². The average molecular weight is 456 g/mol. The van der Waals surface area contributed by atoms with Gasteiger partial charge in [-0.2, -0.15) is 5.26 Å². The van der Waals surface area contributed by atoms with Gasteiger partial charge in [-0.25, -0.2) is 0 Å². The molecule has 7 heteroatoms. The van der Waals surface area contributed by atoms with Gasteiger partial charge in [0.1, 0.15) is 11.6 Å². The third kappa shape index (κ3) is 6.02. The van der Waals surface area contributed by atoms with Crippen LogP contribution in [-0.2, 0) is 9.59 Å². The van der Waals surface area contributed by atoms with Gasteiger partial charge < -0.3 is 20.1 Å². The van der Waals surface area contributed by atoms with Crippen LogP contribution in [0, 0.1) is 25.2 Å². The number of para-hydroxylation sites is 2. The quantitative estimate of drug-likeness (QED) is 0.287. The zero-order valence-electron chi connectivity index (χ0n) is 19.2. The largest absolute Gasteiger partial charge is 0.493 e. The van der Waals surface area contributed by atoms with Crippen LogP contribution in [-0.4, -0.2) is 25.5 Å². The molecule has 0 aromatic heterocycles. The minimum absolute atomic E-state index is 0.0840. The van der Waals surface area contributed by atoms with Gasteiger partial charge in [0.15, 0.2) is 18.1 Å². The summed E-state index contributed by atoms with van der Waals surface area (Å²) in [6.07, 6.45) is 1.48. The molecule has 0 radical (unpaired) electrons. The Morgan fingerprint density at radius 3 is 1.94 bits per heavy atom. The Morgan fingerprint density at radius 1 is 0.882 bits per heavy atom. The zero-order valence-corrected chi connectivity index (χ0v) is 19.2. The van der Waals surface area contributed by atoms with Crippen LogP contribution >= 0.6 is 0 Å². The lowest BCUT2D eigenvalue weighted by Gasteiger charge is -2.13. The number of hydrogen-bond acceptors (Lipinski definition) is 5. The highest BCUT2D eigenvalue weighted by molar-refractivity contribution is 6.29. The maximum absolute atomic E-state index is 13.2. The number of hydrogen-bond donors (Lipinski definition) is 2. The fraction of sp³-hybridized carbons (Fsp3) is 0.148. The maximum atomic E-state index is 13.2. The molecule has 0 aliphatic carbocycles. The van der Waals surface area contributed by atoms with Crippen LogP contribution in [0.4, 0.5) is 11.4 Å². The van der Waals surface area contributed by atoms with E-state index in [1.807, 2.05) is 56.3 Å². The smallest absolute Gasteiger partial charge is 0.261 e. The number of nitrogens with one attached hydrogen (secondary N) is 2. The molecule has 3 aromatic rings. The predicted molar refractivity (Wildman–Crippen MR) is 132 cm³/mol. The third-order valence-corrected chi connectivity index (χ3v) is 5.07. The average Bonchev–Trinajstić information content (AvgIpc) is 2.84. The summed E-state index contributed by atoms with van der Waals surface area (Å²) >= 11 is 0. The van der Waals surface area contributed by atoms with Crippen molar-refractivity contribution in [2.45, 2.75) is 13.8 Å². The molecule has 2 amide bonds. The van der Waals surface area contributed by atoms with Crippen molar-refractivity contribution in [3.05, 3.63) is 89.0 Å². The Labute approximate surface area is 198 Å². The zero-order chi connectivity index (χ0) is 24.5. The van der Waals surface area contributed by atoms with Gasteiger partial charge in [-0.1, -0.05) is 42.5 Å². The molecular weight excluding hydrogens is 430 g/mol. The van der Waals surface area contributed by atoms with Crippen LogP contribution in [0.2, 0.25) is 0 Å². The molecule has 0 bridgehead atoms. The first-order chi connectivity index (χ1) is 16.4. The summed E-state index contributed by atoms with van der Waals surface area (Å²) < 4.78 is 10.7. The van der Waals surface area contributed by atoms with Crippen molar-refractivity contribution in [2.24, 2.45) is 0 Å². The second-order valence-electron chi connectivity index (χ2n) is 7.45. The van der Waals surface area contributed by atoms with E-state index in [4.69, 9.17) is 14.7 Å². The normalized spacial score (nSPS) is 9.94. The van der Waals surface area contributed by atoms with Crippen molar-refractivity contribution in [3.63, 3.8) is 0 Å². The van der Waals surface area contributed by atoms with Crippen LogP contribution < -0.4 is 20.1 Å². The lowest BCUT2D eigenvalue weighted by atomic mass is 10.1. The number of amides is 2. The van der Waals surface area contributed by atoms with Gasteiger partial charge in [0, 0.05) is 11.4 Å². The second kappa shape index (κ2) is 11.3. The molecule has 0 atom stereocenters. The molecule has 0 saturated heterocycles. The van der Waals surface area contributed by atoms with E-state index in [0.717, 1.165) is 11.1 Å². The lowest BCUT2D eigenvalue weighted by Crippen LogP contribution is -2.25. The molecule has 0 fully saturated rings. The second-order valence-corrected chi connectivity index (χ2v) is 7.45. The van der Waals surface area contributed by atoms with Gasteiger partial charge in [0.2, 0.25) is 0 Å². The van der Waals surface area contributed by atoms with Crippen LogP contribution in [0.25, 0.3) is 6.08 Å². The summed E-state index contributed by atoms with van der Waals surface area (Å²) in [6, 6.07) is 21.5. The van der Waals surface area contributed by atoms with Crippen LogP contribution in [0.1, 0.15) is 16.7 Å². The molecule has 2 N–H and O–H groups in total. The SMILES string of the molecule is COc1cc(C=C(C(=O)Nc2ccccc2C)C(=O)Nc2ccccc2C)ccc1OCC#N. The van der Waals surface area contributed by atoms with Crippen LogP contribution in [0.15, 0.2) is 72.3 Å². The number of nitriles is 1. The Morgan fingerprint density at radius 2 is 1.44 bits per heavy atom. The lowest BCUT2D eigenvalue weighted by molar-refractivity contribution is -0.118. The van der Waals surface area contributed by atoms with E-state index >= 15 is 0 Å². The topological polar surface area (TPSA) is 100 Å². The molecule has 34 heavy (non-hydrogen) atoms. The molecule has 172 valence electrons. The van der Waals surface area contributed by atoms with E-state index in [2.05, 4.69) is 10.6 Å². The summed E-state index contributed by atoms with van der Waals surface area (Å²) in [5.41, 5.74) is 3.43. The van der Waals surface area contributed by atoms with E-state index in [0.29, 0.717) is 28.4 Å².